The molecular formula is C5H9S. The van der Waals surface area contributed by atoms with Crippen molar-refractivity contribution in [2.45, 2.75) is 18.1 Å². The lowest BCUT2D eigenvalue weighted by atomic mass is 11.0. The van der Waals surface area contributed by atoms with Crippen molar-refractivity contribution in [3.05, 3.63) is 6.92 Å². The van der Waals surface area contributed by atoms with Gasteiger partial charge in [0, 0.05) is 5.25 Å². The van der Waals surface area contributed by atoms with Gasteiger partial charge in [0.15, 0.2) is 0 Å². The van der Waals surface area contributed by atoms with Gasteiger partial charge in [0.05, 0.1) is 0 Å². The molecule has 0 aromatic heterocycles. The molecule has 0 spiro atoms. The summed E-state index contributed by atoms with van der Waals surface area (Å²) >= 11 is 1.99. The van der Waals surface area contributed by atoms with Gasteiger partial charge in [0.25, 0.3) is 0 Å². The van der Waals surface area contributed by atoms with Crippen molar-refractivity contribution < 1.29 is 0 Å². The second-order valence-electron chi connectivity index (χ2n) is 1.57. The summed E-state index contributed by atoms with van der Waals surface area (Å²) in [6.07, 6.45) is 2.89. The third kappa shape index (κ3) is 1.21. The highest BCUT2D eigenvalue weighted by molar-refractivity contribution is 8.00. The molecule has 0 aromatic rings. The molecule has 0 atom stereocenters. The fourth-order valence-corrected chi connectivity index (χ4v) is 1.20. The molecular weight excluding hydrogens is 92.1 g/mol. The smallest absolute Gasteiger partial charge is 0.00478 e. The average molecular weight is 101 g/mol. The Kier molecular flexibility index (Phi) is 1.41. The van der Waals surface area contributed by atoms with Crippen LogP contribution in [0.15, 0.2) is 0 Å². The van der Waals surface area contributed by atoms with Crippen LogP contribution in [-0.4, -0.2) is 11.0 Å². The summed E-state index contributed by atoms with van der Waals surface area (Å²) in [5, 5.41) is 1.00. The van der Waals surface area contributed by atoms with E-state index in [1.807, 2.05) is 11.8 Å². The van der Waals surface area contributed by atoms with E-state index in [4.69, 9.17) is 0 Å². The molecule has 0 bridgehead atoms. The Bertz CT molecular complexity index is 39.2. The van der Waals surface area contributed by atoms with Crippen molar-refractivity contribution >= 4 is 11.8 Å². The summed E-state index contributed by atoms with van der Waals surface area (Å²) in [6, 6.07) is 0. The zero-order chi connectivity index (χ0) is 4.41. The maximum atomic E-state index is 3.73. The fraction of sp³-hybridized carbons (Fsp3) is 0.800. The van der Waals surface area contributed by atoms with Gasteiger partial charge in [-0.15, -0.1) is 0 Å². The summed E-state index contributed by atoms with van der Waals surface area (Å²) in [4.78, 5) is 0. The van der Waals surface area contributed by atoms with Crippen LogP contribution in [0.2, 0.25) is 0 Å². The molecule has 6 heavy (non-hydrogen) atoms. The maximum Gasteiger partial charge on any atom is 0.00478 e. The van der Waals surface area contributed by atoms with Crippen LogP contribution < -0.4 is 0 Å². The fourth-order valence-electron chi connectivity index (χ4n) is 0.401. The molecule has 1 rings (SSSR count). The van der Waals surface area contributed by atoms with Crippen molar-refractivity contribution in [2.75, 3.05) is 5.75 Å². The van der Waals surface area contributed by atoms with Crippen molar-refractivity contribution in [2.24, 2.45) is 0 Å². The molecule has 0 heterocycles. The normalized spacial score (nSPS) is 21.5. The molecule has 0 unspecified atom stereocenters. The van der Waals surface area contributed by atoms with Gasteiger partial charge in [0.1, 0.15) is 0 Å². The molecule has 0 nitrogen and oxygen atoms in total. The minimum atomic E-state index is 1.00. The summed E-state index contributed by atoms with van der Waals surface area (Å²) in [5.41, 5.74) is 0. The maximum absolute atomic E-state index is 3.73. The van der Waals surface area contributed by atoms with Crippen molar-refractivity contribution in [3.8, 4) is 0 Å². The van der Waals surface area contributed by atoms with Crippen LogP contribution in [0.4, 0.5) is 0 Å². The molecule has 1 fully saturated rings. The van der Waals surface area contributed by atoms with Crippen LogP contribution in [-0.2, 0) is 0 Å². The lowest BCUT2D eigenvalue weighted by Crippen LogP contribution is -1.70. The van der Waals surface area contributed by atoms with E-state index in [9.17, 15) is 0 Å². The molecule has 0 aliphatic heterocycles. The molecule has 0 saturated heterocycles. The largest absolute Gasteiger partial charge is 0.159 e. The van der Waals surface area contributed by atoms with Gasteiger partial charge in [0.2, 0.25) is 0 Å². The highest BCUT2D eigenvalue weighted by atomic mass is 32.2. The Labute approximate surface area is 43.3 Å². The summed E-state index contributed by atoms with van der Waals surface area (Å²) in [7, 11) is 0. The highest BCUT2D eigenvalue weighted by Crippen LogP contribution is 2.33. The first kappa shape index (κ1) is 4.51. The minimum Gasteiger partial charge on any atom is -0.159 e. The third-order valence-electron chi connectivity index (χ3n) is 0.878. The number of rotatable bonds is 2. The molecule has 1 saturated carbocycles. The summed E-state index contributed by atoms with van der Waals surface area (Å²) < 4.78 is 0. The van der Waals surface area contributed by atoms with Gasteiger partial charge in [-0.25, -0.2) is 0 Å². The molecule has 35 valence electrons. The van der Waals surface area contributed by atoms with Crippen molar-refractivity contribution in [3.63, 3.8) is 0 Å². The Morgan fingerprint density at radius 2 is 2.33 bits per heavy atom. The SMILES string of the molecule is [CH2]CSC1CC1. The van der Waals surface area contributed by atoms with E-state index >= 15 is 0 Å². The molecule has 1 heteroatoms. The Morgan fingerprint density at radius 3 is 2.50 bits per heavy atom. The predicted molar refractivity (Wildman–Crippen MR) is 30.8 cm³/mol. The quantitative estimate of drug-likeness (QED) is 0.510. The Morgan fingerprint density at radius 1 is 1.67 bits per heavy atom. The van der Waals surface area contributed by atoms with Crippen LogP contribution in [0.1, 0.15) is 12.8 Å². The third-order valence-corrected chi connectivity index (χ3v) is 2.06. The van der Waals surface area contributed by atoms with Crippen LogP contribution >= 0.6 is 11.8 Å². The van der Waals surface area contributed by atoms with Crippen LogP contribution in [0, 0.1) is 6.92 Å². The van der Waals surface area contributed by atoms with Gasteiger partial charge in [-0.2, -0.15) is 11.8 Å². The first-order chi connectivity index (χ1) is 2.93. The van der Waals surface area contributed by atoms with Gasteiger partial charge >= 0.3 is 0 Å². The highest BCUT2D eigenvalue weighted by Gasteiger charge is 2.19. The summed E-state index contributed by atoms with van der Waals surface area (Å²) in [5.74, 6) is 1.06. The van der Waals surface area contributed by atoms with E-state index in [2.05, 4.69) is 6.92 Å². The lowest BCUT2D eigenvalue weighted by molar-refractivity contribution is 1.50. The molecule has 1 radical (unpaired) electrons. The number of thioether (sulfide) groups is 1. The summed E-state index contributed by atoms with van der Waals surface area (Å²) in [6.45, 7) is 3.73. The second-order valence-corrected chi connectivity index (χ2v) is 2.98. The van der Waals surface area contributed by atoms with E-state index in [1.54, 1.807) is 0 Å². The minimum absolute atomic E-state index is 1.00. The monoisotopic (exact) mass is 101 g/mol. The standard InChI is InChI=1S/C5H9S/c1-2-6-5-3-4-5/h5H,1-4H2. The first-order valence-electron chi connectivity index (χ1n) is 2.34. The Balaban J connectivity index is 1.88. The predicted octanol–water partition coefficient (Wildman–Crippen LogP) is 1.72. The van der Waals surface area contributed by atoms with Crippen molar-refractivity contribution in [1.29, 1.82) is 0 Å². The van der Waals surface area contributed by atoms with E-state index in [1.165, 1.54) is 12.8 Å². The lowest BCUT2D eigenvalue weighted by Gasteiger charge is -1.83. The van der Waals surface area contributed by atoms with Gasteiger partial charge in [-0.1, -0.05) is 0 Å². The van der Waals surface area contributed by atoms with Gasteiger partial charge in [-0.05, 0) is 25.5 Å². The average Bonchev–Trinajstić information content (AvgIpc) is 2.21. The van der Waals surface area contributed by atoms with Gasteiger partial charge < -0.3 is 0 Å². The zero-order valence-electron chi connectivity index (χ0n) is 3.81. The first-order valence-corrected chi connectivity index (χ1v) is 3.39. The van der Waals surface area contributed by atoms with E-state index in [0.717, 1.165) is 11.0 Å². The van der Waals surface area contributed by atoms with E-state index in [0.29, 0.717) is 0 Å². The number of hydrogen-bond donors (Lipinski definition) is 0. The van der Waals surface area contributed by atoms with Gasteiger partial charge in [-0.3, -0.25) is 0 Å². The van der Waals surface area contributed by atoms with Crippen LogP contribution in [0.5, 0.6) is 0 Å². The molecule has 1 aliphatic carbocycles. The molecule has 0 amide bonds. The molecule has 0 aromatic carbocycles. The molecule has 1 aliphatic rings. The topological polar surface area (TPSA) is 0 Å². The second kappa shape index (κ2) is 1.87. The van der Waals surface area contributed by atoms with Crippen LogP contribution in [0.3, 0.4) is 0 Å². The molecule has 0 N–H and O–H groups in total. The number of hydrogen-bond acceptors (Lipinski definition) is 1. The zero-order valence-corrected chi connectivity index (χ0v) is 4.63. The van der Waals surface area contributed by atoms with Crippen LogP contribution in [0.25, 0.3) is 0 Å². The Hall–Kier alpha value is 0.350. The van der Waals surface area contributed by atoms with E-state index in [-0.39, 0.29) is 0 Å². The van der Waals surface area contributed by atoms with Crippen molar-refractivity contribution in [1.82, 2.24) is 0 Å². The van der Waals surface area contributed by atoms with E-state index < -0.39 is 0 Å².